The molecule has 3 aromatic carbocycles. The third-order valence-corrected chi connectivity index (χ3v) is 3.48. The Morgan fingerprint density at radius 3 is 2.52 bits per heavy atom. The van der Waals surface area contributed by atoms with E-state index in [4.69, 9.17) is 11.2 Å². The number of fused-ring (bicyclic) bond motifs is 1. The molecule has 3 rings (SSSR count). The molecule has 0 aliphatic carbocycles. The number of carbonyl (C=O) groups is 1. The summed E-state index contributed by atoms with van der Waals surface area (Å²) in [5.74, 6) is 2.88. The molecule has 3 heteroatoms. The minimum absolute atomic E-state index is 0.162. The lowest BCUT2D eigenvalue weighted by Crippen LogP contribution is -2.12. The van der Waals surface area contributed by atoms with Gasteiger partial charge >= 0.3 is 0 Å². The molecular weight excluding hydrogens is 286 g/mol. The molecule has 0 heterocycles. The molecule has 1 N–H and O–H groups in total. The van der Waals surface area contributed by atoms with Crippen LogP contribution in [0.15, 0.2) is 66.7 Å². The molecule has 0 saturated heterocycles. The van der Waals surface area contributed by atoms with Crippen LogP contribution < -0.4 is 10.1 Å². The van der Waals surface area contributed by atoms with Gasteiger partial charge < -0.3 is 10.1 Å². The van der Waals surface area contributed by atoms with E-state index in [1.807, 2.05) is 42.5 Å². The molecule has 112 valence electrons. The Kier molecular flexibility index (Phi) is 4.26. The molecule has 0 saturated carbocycles. The number of benzene rings is 3. The second kappa shape index (κ2) is 6.67. The quantitative estimate of drug-likeness (QED) is 0.737. The van der Waals surface area contributed by atoms with Gasteiger partial charge in [-0.05, 0) is 35.7 Å². The highest BCUT2D eigenvalue weighted by molar-refractivity contribution is 6.09. The maximum atomic E-state index is 12.4. The molecular formula is C20H15NO2. The van der Waals surface area contributed by atoms with Crippen LogP contribution in [0.2, 0.25) is 0 Å². The monoisotopic (exact) mass is 301 g/mol. The highest BCUT2D eigenvalue weighted by Crippen LogP contribution is 2.23. The first-order valence-electron chi connectivity index (χ1n) is 7.23. The fourth-order valence-corrected chi connectivity index (χ4v) is 2.36. The molecule has 0 aliphatic heterocycles. The van der Waals surface area contributed by atoms with E-state index in [2.05, 4.69) is 11.2 Å². The highest BCUT2D eigenvalue weighted by atomic mass is 16.5. The second-order valence-corrected chi connectivity index (χ2v) is 5.00. The van der Waals surface area contributed by atoms with Crippen molar-refractivity contribution < 1.29 is 9.53 Å². The van der Waals surface area contributed by atoms with Crippen molar-refractivity contribution in [3.8, 4) is 18.1 Å². The minimum Gasteiger partial charge on any atom is -0.481 e. The minimum atomic E-state index is -0.162. The summed E-state index contributed by atoms with van der Waals surface area (Å²) in [5.41, 5.74) is 1.35. The number of hydrogen-bond acceptors (Lipinski definition) is 2. The normalized spacial score (nSPS) is 10.0. The van der Waals surface area contributed by atoms with Crippen LogP contribution in [0.4, 0.5) is 5.69 Å². The molecule has 0 aliphatic rings. The lowest BCUT2D eigenvalue weighted by atomic mass is 10.1. The highest BCUT2D eigenvalue weighted by Gasteiger charge is 2.08. The summed E-state index contributed by atoms with van der Waals surface area (Å²) >= 11 is 0. The van der Waals surface area contributed by atoms with Gasteiger partial charge in [0.1, 0.15) is 12.4 Å². The first kappa shape index (κ1) is 14.7. The van der Waals surface area contributed by atoms with Crippen molar-refractivity contribution in [3.63, 3.8) is 0 Å². The van der Waals surface area contributed by atoms with E-state index in [9.17, 15) is 4.79 Å². The maximum Gasteiger partial charge on any atom is 0.255 e. The number of anilines is 1. The van der Waals surface area contributed by atoms with Gasteiger partial charge in [-0.2, -0.15) is 0 Å². The summed E-state index contributed by atoms with van der Waals surface area (Å²) in [6.07, 6.45) is 5.15. The number of carbonyl (C=O) groups excluding carboxylic acids is 1. The molecule has 3 nitrogen and oxygen atoms in total. The molecule has 1 amide bonds. The molecule has 0 spiro atoms. The van der Waals surface area contributed by atoms with Gasteiger partial charge in [-0.15, -0.1) is 6.42 Å². The Hall–Kier alpha value is -3.25. The number of amides is 1. The van der Waals surface area contributed by atoms with Crippen molar-refractivity contribution in [1.82, 2.24) is 0 Å². The molecule has 0 atom stereocenters. The molecule has 0 unspecified atom stereocenters. The van der Waals surface area contributed by atoms with Gasteiger partial charge in [0, 0.05) is 16.6 Å². The smallest absolute Gasteiger partial charge is 0.255 e. The summed E-state index contributed by atoms with van der Waals surface area (Å²) < 4.78 is 5.30. The number of terminal acetylenes is 1. The molecule has 0 fully saturated rings. The van der Waals surface area contributed by atoms with Gasteiger partial charge in [-0.1, -0.05) is 42.3 Å². The summed E-state index contributed by atoms with van der Waals surface area (Å²) in [4.78, 5) is 12.4. The molecule has 0 bridgehead atoms. The predicted molar refractivity (Wildman–Crippen MR) is 92.7 cm³/mol. The Morgan fingerprint density at radius 1 is 1.00 bits per heavy atom. The van der Waals surface area contributed by atoms with Gasteiger partial charge in [-0.3, -0.25) is 4.79 Å². The Labute approximate surface area is 134 Å². The first-order valence-corrected chi connectivity index (χ1v) is 7.23. The third kappa shape index (κ3) is 3.33. The van der Waals surface area contributed by atoms with Gasteiger partial charge in [-0.25, -0.2) is 0 Å². The van der Waals surface area contributed by atoms with Crippen LogP contribution in [0.5, 0.6) is 5.75 Å². The van der Waals surface area contributed by atoms with Crippen LogP contribution in [0.3, 0.4) is 0 Å². The number of hydrogen-bond donors (Lipinski definition) is 1. The molecule has 0 aromatic heterocycles. The van der Waals surface area contributed by atoms with Gasteiger partial charge in [0.15, 0.2) is 0 Å². The van der Waals surface area contributed by atoms with Crippen LogP contribution in [0.25, 0.3) is 10.8 Å². The van der Waals surface area contributed by atoms with Crippen LogP contribution in [-0.2, 0) is 0 Å². The molecule has 0 radical (unpaired) electrons. The fourth-order valence-electron chi connectivity index (χ4n) is 2.36. The average Bonchev–Trinajstić information content (AvgIpc) is 2.60. The van der Waals surface area contributed by atoms with Gasteiger partial charge in [0.2, 0.25) is 0 Å². The zero-order valence-electron chi connectivity index (χ0n) is 12.5. The van der Waals surface area contributed by atoms with E-state index < -0.39 is 0 Å². The predicted octanol–water partition coefficient (Wildman–Crippen LogP) is 4.10. The standard InChI is InChI=1S/C20H15NO2/c1-2-14-23-17-12-10-16(11-13-17)20(22)21-19-9-5-7-15-6-3-4-8-18(15)19/h1,3-13H,14H2,(H,21,22). The lowest BCUT2D eigenvalue weighted by molar-refractivity contribution is 0.102. The number of ether oxygens (including phenoxy) is 1. The van der Waals surface area contributed by atoms with Crippen LogP contribution in [-0.4, -0.2) is 12.5 Å². The summed E-state index contributed by atoms with van der Waals surface area (Å²) in [6, 6.07) is 20.7. The zero-order valence-corrected chi connectivity index (χ0v) is 12.5. The molecule has 3 aromatic rings. The topological polar surface area (TPSA) is 38.3 Å². The van der Waals surface area contributed by atoms with E-state index in [1.54, 1.807) is 24.3 Å². The zero-order chi connectivity index (χ0) is 16.1. The van der Waals surface area contributed by atoms with Crippen LogP contribution in [0.1, 0.15) is 10.4 Å². The van der Waals surface area contributed by atoms with Crippen molar-refractivity contribution in [3.05, 3.63) is 72.3 Å². The number of nitrogens with one attached hydrogen (secondary N) is 1. The SMILES string of the molecule is C#CCOc1ccc(C(=O)Nc2cccc3ccccc23)cc1. The van der Waals surface area contributed by atoms with Crippen LogP contribution >= 0.6 is 0 Å². The van der Waals surface area contributed by atoms with Crippen molar-refractivity contribution >= 4 is 22.4 Å². The van der Waals surface area contributed by atoms with E-state index >= 15 is 0 Å². The Bertz CT molecular complexity index is 871. The summed E-state index contributed by atoms with van der Waals surface area (Å²) in [7, 11) is 0. The average molecular weight is 301 g/mol. The lowest BCUT2D eigenvalue weighted by Gasteiger charge is -2.09. The third-order valence-electron chi connectivity index (χ3n) is 3.48. The van der Waals surface area contributed by atoms with Gasteiger partial charge in [0.25, 0.3) is 5.91 Å². The summed E-state index contributed by atoms with van der Waals surface area (Å²) in [6.45, 7) is 0.210. The summed E-state index contributed by atoms with van der Waals surface area (Å²) in [5, 5.41) is 5.05. The van der Waals surface area contributed by atoms with Crippen LogP contribution in [0, 0.1) is 12.3 Å². The fraction of sp³-hybridized carbons (Fsp3) is 0.0500. The van der Waals surface area contributed by atoms with E-state index in [-0.39, 0.29) is 12.5 Å². The maximum absolute atomic E-state index is 12.4. The van der Waals surface area contributed by atoms with Crippen molar-refractivity contribution in [1.29, 1.82) is 0 Å². The van der Waals surface area contributed by atoms with Crippen molar-refractivity contribution in [2.75, 3.05) is 11.9 Å². The molecule has 23 heavy (non-hydrogen) atoms. The number of rotatable bonds is 4. The Morgan fingerprint density at radius 2 is 1.74 bits per heavy atom. The largest absolute Gasteiger partial charge is 0.481 e. The van der Waals surface area contributed by atoms with Crippen molar-refractivity contribution in [2.24, 2.45) is 0 Å². The Balaban J connectivity index is 1.79. The van der Waals surface area contributed by atoms with E-state index in [1.165, 1.54) is 0 Å². The van der Waals surface area contributed by atoms with E-state index in [0.717, 1.165) is 16.5 Å². The van der Waals surface area contributed by atoms with Crippen molar-refractivity contribution in [2.45, 2.75) is 0 Å². The second-order valence-electron chi connectivity index (χ2n) is 5.00. The first-order chi connectivity index (χ1) is 11.3. The van der Waals surface area contributed by atoms with E-state index in [0.29, 0.717) is 11.3 Å². The van der Waals surface area contributed by atoms with Gasteiger partial charge in [0.05, 0.1) is 0 Å².